The van der Waals surface area contributed by atoms with E-state index in [0.717, 1.165) is 49.4 Å². The number of rotatable bonds is 5. The number of carbonyl (C=O) groups excluding carboxylic acids is 1. The molecule has 1 saturated heterocycles. The second-order valence-electron chi connectivity index (χ2n) is 6.37. The lowest BCUT2D eigenvalue weighted by Gasteiger charge is -2.10. The highest BCUT2D eigenvalue weighted by Gasteiger charge is 2.28. The van der Waals surface area contributed by atoms with E-state index in [4.69, 9.17) is 0 Å². The van der Waals surface area contributed by atoms with Crippen LogP contribution in [0.4, 0.5) is 5.69 Å². The number of carbonyl (C=O) groups is 1. The molecule has 1 amide bonds. The van der Waals surface area contributed by atoms with E-state index in [1.54, 1.807) is 0 Å². The van der Waals surface area contributed by atoms with Gasteiger partial charge >= 0.3 is 0 Å². The first-order valence-electron chi connectivity index (χ1n) is 8.18. The third-order valence-electron chi connectivity index (χ3n) is 4.43. The van der Waals surface area contributed by atoms with Crippen LogP contribution in [0.5, 0.6) is 0 Å². The van der Waals surface area contributed by atoms with Crippen molar-refractivity contribution in [1.82, 2.24) is 25.5 Å². The van der Waals surface area contributed by atoms with Gasteiger partial charge in [0.1, 0.15) is 0 Å². The second-order valence-corrected chi connectivity index (χ2v) is 6.37. The predicted octanol–water partition coefficient (Wildman–Crippen LogP) is 1.61. The molecule has 0 bridgehead atoms. The topological polar surface area (TPSA) is 84.7 Å². The van der Waals surface area contributed by atoms with E-state index in [2.05, 4.69) is 26.2 Å². The molecular formula is C16H20N6O. The van der Waals surface area contributed by atoms with Gasteiger partial charge < -0.3 is 10.6 Å². The highest BCUT2D eigenvalue weighted by molar-refractivity contribution is 5.91. The van der Waals surface area contributed by atoms with E-state index >= 15 is 0 Å². The fourth-order valence-corrected chi connectivity index (χ4v) is 3.05. The van der Waals surface area contributed by atoms with Crippen molar-refractivity contribution in [2.24, 2.45) is 5.92 Å². The Morgan fingerprint density at radius 1 is 1.35 bits per heavy atom. The van der Waals surface area contributed by atoms with Crippen LogP contribution >= 0.6 is 0 Å². The van der Waals surface area contributed by atoms with E-state index in [1.165, 1.54) is 0 Å². The summed E-state index contributed by atoms with van der Waals surface area (Å²) in [5, 5.41) is 18.3. The molecule has 2 N–H and O–H groups in total. The molecule has 1 saturated carbocycles. The van der Waals surface area contributed by atoms with Gasteiger partial charge in [-0.2, -0.15) is 0 Å². The van der Waals surface area contributed by atoms with Gasteiger partial charge in [-0.3, -0.25) is 4.79 Å². The fraction of sp³-hybridized carbons (Fsp3) is 0.500. The van der Waals surface area contributed by atoms with Crippen LogP contribution in [-0.4, -0.2) is 39.2 Å². The lowest BCUT2D eigenvalue weighted by Crippen LogP contribution is -2.18. The van der Waals surface area contributed by atoms with Gasteiger partial charge in [-0.15, -0.1) is 5.10 Å². The van der Waals surface area contributed by atoms with Crippen LogP contribution in [0.25, 0.3) is 11.4 Å². The summed E-state index contributed by atoms with van der Waals surface area (Å²) in [6, 6.07) is 8.16. The number of hydrogen-bond acceptors (Lipinski definition) is 5. The smallest absolute Gasteiger partial charge is 0.224 e. The number of anilines is 1. The molecule has 1 aromatic carbocycles. The first-order valence-corrected chi connectivity index (χ1v) is 8.18. The van der Waals surface area contributed by atoms with Gasteiger partial charge in [-0.05, 0) is 60.8 Å². The maximum atomic E-state index is 12.2. The maximum absolute atomic E-state index is 12.2. The van der Waals surface area contributed by atoms with Gasteiger partial charge in [-0.25, -0.2) is 4.68 Å². The van der Waals surface area contributed by atoms with Gasteiger partial charge in [0.05, 0.1) is 6.04 Å². The van der Waals surface area contributed by atoms with Crippen LogP contribution in [-0.2, 0) is 4.79 Å². The quantitative estimate of drug-likeness (QED) is 0.876. The summed E-state index contributed by atoms with van der Waals surface area (Å²) < 4.78 is 1.88. The first kappa shape index (κ1) is 14.3. The van der Waals surface area contributed by atoms with E-state index in [9.17, 15) is 4.79 Å². The SMILES string of the molecule is O=C(CC1CCNC1)Nc1cccc(-c2nnnn2C2CC2)c1. The first-order chi connectivity index (χ1) is 11.3. The Morgan fingerprint density at radius 3 is 3.04 bits per heavy atom. The van der Waals surface area contributed by atoms with Crippen LogP contribution in [0.15, 0.2) is 24.3 Å². The summed E-state index contributed by atoms with van der Waals surface area (Å²) in [5.41, 5.74) is 1.73. The molecule has 1 aliphatic carbocycles. The summed E-state index contributed by atoms with van der Waals surface area (Å²) in [5.74, 6) is 1.28. The second kappa shape index (κ2) is 6.08. The standard InChI is InChI=1S/C16H20N6O/c23-15(8-11-6-7-17-10-11)18-13-3-1-2-12(9-13)16-19-20-21-22(16)14-4-5-14/h1-3,9,11,14,17H,4-8,10H2,(H,18,23). The zero-order chi connectivity index (χ0) is 15.6. The summed E-state index contributed by atoms with van der Waals surface area (Å²) in [7, 11) is 0. The molecule has 23 heavy (non-hydrogen) atoms. The number of tetrazole rings is 1. The average molecular weight is 312 g/mol. The maximum Gasteiger partial charge on any atom is 0.224 e. The molecule has 0 radical (unpaired) electrons. The van der Waals surface area contributed by atoms with Crippen molar-refractivity contribution in [2.75, 3.05) is 18.4 Å². The molecular weight excluding hydrogens is 292 g/mol. The normalized spacial score (nSPS) is 20.6. The summed E-state index contributed by atoms with van der Waals surface area (Å²) in [6.07, 6.45) is 3.90. The molecule has 2 aliphatic rings. The Bertz CT molecular complexity index is 702. The molecule has 120 valence electrons. The highest BCUT2D eigenvalue weighted by atomic mass is 16.1. The Morgan fingerprint density at radius 2 is 2.26 bits per heavy atom. The molecule has 7 nitrogen and oxygen atoms in total. The Labute approximate surface area is 134 Å². The van der Waals surface area contributed by atoms with Crippen molar-refractivity contribution in [3.05, 3.63) is 24.3 Å². The number of nitrogens with one attached hydrogen (secondary N) is 2. The van der Waals surface area contributed by atoms with Crippen LogP contribution in [0.3, 0.4) is 0 Å². The molecule has 1 aromatic heterocycles. The van der Waals surface area contributed by atoms with E-state index < -0.39 is 0 Å². The van der Waals surface area contributed by atoms with E-state index in [1.807, 2.05) is 28.9 Å². The summed E-state index contributed by atoms with van der Waals surface area (Å²) in [6.45, 7) is 1.95. The van der Waals surface area contributed by atoms with E-state index in [-0.39, 0.29) is 5.91 Å². The number of aromatic nitrogens is 4. The fourth-order valence-electron chi connectivity index (χ4n) is 3.05. The zero-order valence-corrected chi connectivity index (χ0v) is 12.9. The van der Waals surface area contributed by atoms with Crippen LogP contribution in [0.1, 0.15) is 31.7 Å². The molecule has 2 fully saturated rings. The van der Waals surface area contributed by atoms with Gasteiger partial charge in [0.25, 0.3) is 0 Å². The molecule has 4 rings (SSSR count). The number of hydrogen-bond donors (Lipinski definition) is 2. The van der Waals surface area contributed by atoms with E-state index in [0.29, 0.717) is 18.4 Å². The Balaban J connectivity index is 1.47. The number of nitrogens with zero attached hydrogens (tertiary/aromatic N) is 4. The molecule has 2 heterocycles. The molecule has 1 unspecified atom stereocenters. The van der Waals surface area contributed by atoms with Crippen molar-refractivity contribution in [1.29, 1.82) is 0 Å². The van der Waals surface area contributed by atoms with Crippen molar-refractivity contribution in [2.45, 2.75) is 31.7 Å². The predicted molar refractivity (Wildman–Crippen MR) is 85.7 cm³/mol. The van der Waals surface area contributed by atoms with Crippen LogP contribution in [0.2, 0.25) is 0 Å². The zero-order valence-electron chi connectivity index (χ0n) is 12.9. The van der Waals surface area contributed by atoms with Crippen molar-refractivity contribution in [3.8, 4) is 11.4 Å². The summed E-state index contributed by atoms with van der Waals surface area (Å²) >= 11 is 0. The summed E-state index contributed by atoms with van der Waals surface area (Å²) in [4.78, 5) is 12.2. The van der Waals surface area contributed by atoms with Crippen molar-refractivity contribution >= 4 is 11.6 Å². The molecule has 1 aliphatic heterocycles. The minimum Gasteiger partial charge on any atom is -0.326 e. The lowest BCUT2D eigenvalue weighted by atomic mass is 10.0. The van der Waals surface area contributed by atoms with Gasteiger partial charge in [0.2, 0.25) is 5.91 Å². The average Bonchev–Trinajstić information content (AvgIpc) is 3.06. The molecule has 2 aromatic rings. The van der Waals surface area contributed by atoms with Crippen molar-refractivity contribution < 1.29 is 4.79 Å². The largest absolute Gasteiger partial charge is 0.326 e. The van der Waals surface area contributed by atoms with Gasteiger partial charge in [0.15, 0.2) is 5.82 Å². The third kappa shape index (κ3) is 3.24. The van der Waals surface area contributed by atoms with Gasteiger partial charge in [0, 0.05) is 17.7 Å². The minimum absolute atomic E-state index is 0.0673. The van der Waals surface area contributed by atoms with Crippen LogP contribution < -0.4 is 10.6 Å². The van der Waals surface area contributed by atoms with Crippen molar-refractivity contribution in [3.63, 3.8) is 0 Å². The number of benzene rings is 1. The molecule has 0 spiro atoms. The molecule has 1 atom stereocenters. The van der Waals surface area contributed by atoms with Crippen LogP contribution in [0, 0.1) is 5.92 Å². The third-order valence-corrected chi connectivity index (χ3v) is 4.43. The number of amides is 1. The minimum atomic E-state index is 0.0673. The van der Waals surface area contributed by atoms with Gasteiger partial charge in [-0.1, -0.05) is 12.1 Å². The Kier molecular flexibility index (Phi) is 3.78. The highest BCUT2D eigenvalue weighted by Crippen LogP contribution is 2.36. The monoisotopic (exact) mass is 312 g/mol. The Hall–Kier alpha value is -2.28. The molecule has 7 heteroatoms. The lowest BCUT2D eigenvalue weighted by molar-refractivity contribution is -0.116.